The summed E-state index contributed by atoms with van der Waals surface area (Å²) in [6.07, 6.45) is 3.09. The standard InChI is InChI=1S/C17H22N6O2/c1-21-12-19-15(20-21)11-18-17(25)22(2)14-9-6-10-23(16(14)24)13-7-4-3-5-8-13/h3-5,7-8,12,14H,6,9-11H2,1-2H3,(H,18,25)/t14-/m1/s1. The molecule has 132 valence electrons. The van der Waals surface area contributed by atoms with Gasteiger partial charge in [-0.05, 0) is 25.0 Å². The van der Waals surface area contributed by atoms with E-state index in [-0.39, 0.29) is 18.5 Å². The van der Waals surface area contributed by atoms with Crippen LogP contribution in [0.1, 0.15) is 18.7 Å². The Balaban J connectivity index is 1.63. The number of likely N-dealkylation sites (N-methyl/N-ethyl adjacent to an activating group) is 1. The number of amides is 3. The van der Waals surface area contributed by atoms with Crippen molar-refractivity contribution in [1.82, 2.24) is 25.0 Å². The van der Waals surface area contributed by atoms with Crippen LogP contribution in [-0.2, 0) is 18.4 Å². The summed E-state index contributed by atoms with van der Waals surface area (Å²) in [5.74, 6) is 0.483. The lowest BCUT2D eigenvalue weighted by molar-refractivity contribution is -0.123. The third-order valence-electron chi connectivity index (χ3n) is 4.31. The quantitative estimate of drug-likeness (QED) is 0.903. The van der Waals surface area contributed by atoms with Crippen LogP contribution in [0.3, 0.4) is 0 Å². The molecule has 1 atom stereocenters. The van der Waals surface area contributed by atoms with Gasteiger partial charge in [0.15, 0.2) is 5.82 Å². The number of para-hydroxylation sites is 1. The van der Waals surface area contributed by atoms with Gasteiger partial charge < -0.3 is 15.1 Å². The van der Waals surface area contributed by atoms with Crippen LogP contribution in [0.2, 0.25) is 0 Å². The summed E-state index contributed by atoms with van der Waals surface area (Å²) in [5.41, 5.74) is 0.865. The first-order valence-corrected chi connectivity index (χ1v) is 8.28. The molecule has 3 amide bonds. The Morgan fingerprint density at radius 2 is 2.12 bits per heavy atom. The van der Waals surface area contributed by atoms with Crippen molar-refractivity contribution in [2.75, 3.05) is 18.5 Å². The van der Waals surface area contributed by atoms with Crippen molar-refractivity contribution in [2.45, 2.75) is 25.4 Å². The zero-order valence-corrected chi connectivity index (χ0v) is 14.4. The van der Waals surface area contributed by atoms with Gasteiger partial charge in [-0.3, -0.25) is 9.48 Å². The van der Waals surface area contributed by atoms with Gasteiger partial charge in [0.1, 0.15) is 12.4 Å². The number of nitrogens with one attached hydrogen (secondary N) is 1. The van der Waals surface area contributed by atoms with E-state index in [0.29, 0.717) is 18.8 Å². The van der Waals surface area contributed by atoms with E-state index in [0.717, 1.165) is 12.1 Å². The molecule has 2 aromatic rings. The van der Waals surface area contributed by atoms with Crippen LogP contribution in [0.15, 0.2) is 36.7 Å². The maximum atomic E-state index is 12.8. The molecule has 0 radical (unpaired) electrons. The van der Waals surface area contributed by atoms with E-state index in [1.165, 1.54) is 4.90 Å². The fourth-order valence-electron chi connectivity index (χ4n) is 2.97. The molecular weight excluding hydrogens is 320 g/mol. The number of piperidine rings is 1. The molecule has 1 N–H and O–H groups in total. The number of urea groups is 1. The van der Waals surface area contributed by atoms with E-state index in [2.05, 4.69) is 15.4 Å². The van der Waals surface area contributed by atoms with Crippen LogP contribution >= 0.6 is 0 Å². The number of hydrogen-bond acceptors (Lipinski definition) is 4. The molecule has 2 heterocycles. The Bertz CT molecular complexity index is 745. The van der Waals surface area contributed by atoms with Gasteiger partial charge in [-0.2, -0.15) is 5.10 Å². The van der Waals surface area contributed by atoms with Crippen molar-refractivity contribution >= 4 is 17.6 Å². The van der Waals surface area contributed by atoms with Gasteiger partial charge in [-0.1, -0.05) is 18.2 Å². The number of nitrogens with zero attached hydrogens (tertiary/aromatic N) is 5. The molecule has 8 heteroatoms. The van der Waals surface area contributed by atoms with Crippen LogP contribution in [0, 0.1) is 0 Å². The topological polar surface area (TPSA) is 83.4 Å². The van der Waals surface area contributed by atoms with Crippen molar-refractivity contribution in [2.24, 2.45) is 7.05 Å². The molecule has 1 aliphatic rings. The summed E-state index contributed by atoms with van der Waals surface area (Å²) in [7, 11) is 3.42. The first-order valence-electron chi connectivity index (χ1n) is 8.28. The van der Waals surface area contributed by atoms with E-state index in [1.54, 1.807) is 30.0 Å². The molecule has 3 rings (SSSR count). The van der Waals surface area contributed by atoms with E-state index in [1.807, 2.05) is 30.3 Å². The maximum Gasteiger partial charge on any atom is 0.318 e. The average molecular weight is 342 g/mol. The van der Waals surface area contributed by atoms with Crippen LogP contribution in [0.25, 0.3) is 0 Å². The zero-order valence-electron chi connectivity index (χ0n) is 14.4. The maximum absolute atomic E-state index is 12.8. The van der Waals surface area contributed by atoms with Gasteiger partial charge in [0.2, 0.25) is 5.91 Å². The van der Waals surface area contributed by atoms with Crippen molar-refractivity contribution in [3.63, 3.8) is 0 Å². The Kier molecular flexibility index (Phi) is 4.97. The fraction of sp³-hybridized carbons (Fsp3) is 0.412. The number of anilines is 1. The van der Waals surface area contributed by atoms with Crippen LogP contribution in [-0.4, -0.2) is 51.2 Å². The largest absolute Gasteiger partial charge is 0.331 e. The summed E-state index contributed by atoms with van der Waals surface area (Å²) < 4.78 is 1.58. The highest BCUT2D eigenvalue weighted by atomic mass is 16.2. The molecule has 1 aromatic carbocycles. The van der Waals surface area contributed by atoms with E-state index < -0.39 is 6.04 Å². The summed E-state index contributed by atoms with van der Waals surface area (Å²) in [5, 5.41) is 6.88. The smallest absolute Gasteiger partial charge is 0.318 e. The number of hydrogen-bond donors (Lipinski definition) is 1. The molecule has 0 saturated carbocycles. The molecule has 0 spiro atoms. The minimum absolute atomic E-state index is 0.0499. The zero-order chi connectivity index (χ0) is 17.8. The summed E-state index contributed by atoms with van der Waals surface area (Å²) in [6.45, 7) is 0.903. The van der Waals surface area contributed by atoms with E-state index in [9.17, 15) is 9.59 Å². The number of carbonyl (C=O) groups excluding carboxylic acids is 2. The Morgan fingerprint density at radius 1 is 1.36 bits per heavy atom. The second-order valence-corrected chi connectivity index (χ2v) is 6.09. The summed E-state index contributed by atoms with van der Waals surface area (Å²) in [6, 6.07) is 8.78. The van der Waals surface area contributed by atoms with Crippen molar-refractivity contribution in [3.05, 3.63) is 42.5 Å². The number of aromatic nitrogens is 3. The number of carbonyl (C=O) groups is 2. The SMILES string of the molecule is CN(C(=O)NCc1ncn(C)n1)[C@@H]1CCCN(c2ccccc2)C1=O. The molecule has 0 unspecified atom stereocenters. The molecule has 1 aliphatic heterocycles. The second-order valence-electron chi connectivity index (χ2n) is 6.09. The molecule has 1 aromatic heterocycles. The Morgan fingerprint density at radius 3 is 2.80 bits per heavy atom. The highest BCUT2D eigenvalue weighted by Gasteiger charge is 2.34. The molecule has 25 heavy (non-hydrogen) atoms. The monoisotopic (exact) mass is 342 g/mol. The minimum atomic E-state index is -0.467. The van der Waals surface area contributed by atoms with Crippen molar-refractivity contribution < 1.29 is 9.59 Å². The van der Waals surface area contributed by atoms with Gasteiger partial charge in [0.05, 0.1) is 6.54 Å². The van der Waals surface area contributed by atoms with Gasteiger partial charge >= 0.3 is 6.03 Å². The van der Waals surface area contributed by atoms with Crippen molar-refractivity contribution in [1.29, 1.82) is 0 Å². The first-order chi connectivity index (χ1) is 12.1. The molecule has 0 aliphatic carbocycles. The minimum Gasteiger partial charge on any atom is -0.331 e. The third kappa shape index (κ3) is 3.78. The summed E-state index contributed by atoms with van der Waals surface area (Å²) >= 11 is 0. The van der Waals surface area contributed by atoms with Crippen molar-refractivity contribution in [3.8, 4) is 0 Å². The number of benzene rings is 1. The lowest BCUT2D eigenvalue weighted by atomic mass is 10.0. The highest BCUT2D eigenvalue weighted by Crippen LogP contribution is 2.23. The molecule has 1 saturated heterocycles. The fourth-order valence-corrected chi connectivity index (χ4v) is 2.97. The number of aryl methyl sites for hydroxylation is 1. The second kappa shape index (κ2) is 7.33. The van der Waals surface area contributed by atoms with Gasteiger partial charge in [0, 0.05) is 26.3 Å². The van der Waals surface area contributed by atoms with E-state index >= 15 is 0 Å². The molecular formula is C17H22N6O2. The van der Waals surface area contributed by atoms with Crippen LogP contribution < -0.4 is 10.2 Å². The Hall–Kier alpha value is -2.90. The van der Waals surface area contributed by atoms with Crippen LogP contribution in [0.4, 0.5) is 10.5 Å². The predicted octanol–water partition coefficient (Wildman–Crippen LogP) is 1.15. The van der Waals surface area contributed by atoms with Gasteiger partial charge in [-0.25, -0.2) is 9.78 Å². The van der Waals surface area contributed by atoms with Crippen LogP contribution in [0.5, 0.6) is 0 Å². The lowest BCUT2D eigenvalue weighted by Crippen LogP contribution is -2.55. The summed E-state index contributed by atoms with van der Waals surface area (Å²) in [4.78, 5) is 32.5. The normalized spacial score (nSPS) is 17.4. The molecule has 8 nitrogen and oxygen atoms in total. The third-order valence-corrected chi connectivity index (χ3v) is 4.31. The Labute approximate surface area is 146 Å². The van der Waals surface area contributed by atoms with Gasteiger partial charge in [0.25, 0.3) is 0 Å². The predicted molar refractivity (Wildman–Crippen MR) is 92.8 cm³/mol. The van der Waals surface area contributed by atoms with E-state index in [4.69, 9.17) is 0 Å². The van der Waals surface area contributed by atoms with Gasteiger partial charge in [-0.15, -0.1) is 0 Å². The highest BCUT2D eigenvalue weighted by molar-refractivity contribution is 5.99. The average Bonchev–Trinajstić information content (AvgIpc) is 3.05. The first kappa shape index (κ1) is 16.9. The lowest BCUT2D eigenvalue weighted by Gasteiger charge is -2.36. The number of rotatable bonds is 4. The molecule has 1 fully saturated rings. The molecule has 0 bridgehead atoms.